The SMILES string of the molecule is O=C(O[C@@H](C(=O)NC1CC1)c1ccccc1)C1CCN(C(=O)Nc2ccccc2)CC1. The molecule has 2 aliphatic rings. The molecule has 1 aliphatic heterocycles. The highest BCUT2D eigenvalue weighted by Gasteiger charge is 2.34. The molecule has 2 aromatic rings. The average molecular weight is 421 g/mol. The summed E-state index contributed by atoms with van der Waals surface area (Å²) in [5.41, 5.74) is 1.40. The highest BCUT2D eigenvalue weighted by Crippen LogP contribution is 2.26. The Hall–Kier alpha value is -3.35. The standard InChI is InChI=1S/C24H27N3O4/c28-22(25-20-11-12-20)21(17-7-3-1-4-8-17)31-23(29)18-13-15-27(16-14-18)24(30)26-19-9-5-2-6-10-19/h1-10,18,20-21H,11-16H2,(H,25,28)(H,26,30)/t21-/m1/s1. The van der Waals surface area contributed by atoms with Gasteiger partial charge >= 0.3 is 12.0 Å². The van der Waals surface area contributed by atoms with E-state index in [0.29, 0.717) is 31.5 Å². The predicted octanol–water partition coefficient (Wildman–Crippen LogP) is 3.49. The lowest BCUT2D eigenvalue weighted by molar-refractivity contribution is -0.161. The molecular formula is C24H27N3O4. The lowest BCUT2D eigenvalue weighted by Gasteiger charge is -2.31. The fourth-order valence-corrected chi connectivity index (χ4v) is 3.66. The Morgan fingerprint density at radius 3 is 2.10 bits per heavy atom. The topological polar surface area (TPSA) is 87.7 Å². The minimum Gasteiger partial charge on any atom is -0.447 e. The molecule has 0 bridgehead atoms. The molecule has 1 atom stereocenters. The van der Waals surface area contributed by atoms with Crippen LogP contribution in [0.2, 0.25) is 0 Å². The van der Waals surface area contributed by atoms with Crippen molar-refractivity contribution in [3.05, 3.63) is 66.2 Å². The molecule has 31 heavy (non-hydrogen) atoms. The van der Waals surface area contributed by atoms with E-state index < -0.39 is 6.10 Å². The van der Waals surface area contributed by atoms with Crippen LogP contribution in [-0.4, -0.2) is 41.9 Å². The summed E-state index contributed by atoms with van der Waals surface area (Å²) in [5, 5.41) is 5.79. The third-order valence-corrected chi connectivity index (χ3v) is 5.64. The Bertz CT molecular complexity index is 907. The molecule has 1 saturated heterocycles. The number of para-hydroxylation sites is 1. The van der Waals surface area contributed by atoms with Crippen LogP contribution in [-0.2, 0) is 14.3 Å². The van der Waals surface area contributed by atoms with Crippen LogP contribution < -0.4 is 10.6 Å². The van der Waals surface area contributed by atoms with E-state index in [1.54, 1.807) is 17.0 Å². The maximum Gasteiger partial charge on any atom is 0.321 e. The average Bonchev–Trinajstić information content (AvgIpc) is 3.62. The van der Waals surface area contributed by atoms with Crippen LogP contribution in [0.4, 0.5) is 10.5 Å². The van der Waals surface area contributed by atoms with Crippen LogP contribution >= 0.6 is 0 Å². The molecule has 0 unspecified atom stereocenters. The van der Waals surface area contributed by atoms with Crippen molar-refractivity contribution in [3.8, 4) is 0 Å². The first-order chi connectivity index (χ1) is 15.1. The van der Waals surface area contributed by atoms with Crippen LogP contribution in [0.25, 0.3) is 0 Å². The van der Waals surface area contributed by atoms with Gasteiger partial charge in [0.05, 0.1) is 5.92 Å². The first-order valence-corrected chi connectivity index (χ1v) is 10.8. The molecule has 1 heterocycles. The number of urea groups is 1. The Labute approximate surface area is 181 Å². The van der Waals surface area contributed by atoms with Gasteiger partial charge in [-0.25, -0.2) is 4.79 Å². The molecule has 4 rings (SSSR count). The number of ether oxygens (including phenoxy) is 1. The van der Waals surface area contributed by atoms with Crippen molar-refractivity contribution in [2.45, 2.75) is 37.8 Å². The number of nitrogens with one attached hydrogen (secondary N) is 2. The van der Waals surface area contributed by atoms with E-state index in [0.717, 1.165) is 18.5 Å². The molecule has 0 spiro atoms. The van der Waals surface area contributed by atoms with E-state index in [1.165, 1.54) is 0 Å². The number of piperidine rings is 1. The fraction of sp³-hybridized carbons (Fsp3) is 0.375. The van der Waals surface area contributed by atoms with E-state index in [9.17, 15) is 14.4 Å². The van der Waals surface area contributed by atoms with Crippen LogP contribution in [0.5, 0.6) is 0 Å². The first kappa shape index (κ1) is 20.9. The summed E-state index contributed by atoms with van der Waals surface area (Å²) in [7, 11) is 0. The predicted molar refractivity (Wildman–Crippen MR) is 116 cm³/mol. The molecule has 2 aromatic carbocycles. The maximum atomic E-state index is 12.8. The molecule has 162 valence electrons. The van der Waals surface area contributed by atoms with Crippen molar-refractivity contribution in [2.75, 3.05) is 18.4 Å². The molecule has 1 aliphatic carbocycles. The van der Waals surface area contributed by atoms with E-state index >= 15 is 0 Å². The van der Waals surface area contributed by atoms with Crippen molar-refractivity contribution < 1.29 is 19.1 Å². The Morgan fingerprint density at radius 2 is 1.48 bits per heavy atom. The zero-order chi connectivity index (χ0) is 21.6. The Kier molecular flexibility index (Phi) is 6.50. The summed E-state index contributed by atoms with van der Waals surface area (Å²) in [5.74, 6) is -0.995. The number of likely N-dealkylation sites (tertiary alicyclic amines) is 1. The van der Waals surface area contributed by atoms with Gasteiger partial charge in [-0.2, -0.15) is 0 Å². The normalized spacial score (nSPS) is 17.5. The number of esters is 1. The third-order valence-electron chi connectivity index (χ3n) is 5.64. The quantitative estimate of drug-likeness (QED) is 0.699. The highest BCUT2D eigenvalue weighted by atomic mass is 16.5. The van der Waals surface area contributed by atoms with Gasteiger partial charge in [0.2, 0.25) is 6.10 Å². The second-order valence-corrected chi connectivity index (χ2v) is 8.07. The summed E-state index contributed by atoms with van der Waals surface area (Å²) in [4.78, 5) is 39.7. The third kappa shape index (κ3) is 5.63. The van der Waals surface area contributed by atoms with Gasteiger partial charge in [0, 0.05) is 30.4 Å². The van der Waals surface area contributed by atoms with Crippen LogP contribution in [0, 0.1) is 5.92 Å². The van der Waals surface area contributed by atoms with Gasteiger partial charge in [0.25, 0.3) is 5.91 Å². The minimum atomic E-state index is -0.950. The second-order valence-electron chi connectivity index (χ2n) is 8.07. The van der Waals surface area contributed by atoms with Crippen molar-refractivity contribution in [3.63, 3.8) is 0 Å². The molecular weight excluding hydrogens is 394 g/mol. The molecule has 2 N–H and O–H groups in total. The van der Waals surface area contributed by atoms with Gasteiger partial charge in [-0.1, -0.05) is 48.5 Å². The van der Waals surface area contributed by atoms with Gasteiger partial charge in [-0.05, 0) is 37.8 Å². The summed E-state index contributed by atoms with van der Waals surface area (Å²) in [6.07, 6.45) is 1.99. The van der Waals surface area contributed by atoms with Gasteiger partial charge in [-0.3, -0.25) is 9.59 Å². The number of carbonyl (C=O) groups is 3. The second kappa shape index (κ2) is 9.64. The van der Waals surface area contributed by atoms with Crippen LogP contribution in [0.3, 0.4) is 0 Å². The number of hydrogen-bond donors (Lipinski definition) is 2. The van der Waals surface area contributed by atoms with Gasteiger partial charge in [0.15, 0.2) is 0 Å². The van der Waals surface area contributed by atoms with E-state index in [1.807, 2.05) is 48.5 Å². The monoisotopic (exact) mass is 421 g/mol. The molecule has 7 heteroatoms. The smallest absolute Gasteiger partial charge is 0.321 e. The lowest BCUT2D eigenvalue weighted by atomic mass is 9.97. The van der Waals surface area contributed by atoms with Gasteiger partial charge in [-0.15, -0.1) is 0 Å². The molecule has 0 aromatic heterocycles. The number of rotatable bonds is 6. The van der Waals surface area contributed by atoms with Crippen LogP contribution in [0.15, 0.2) is 60.7 Å². The van der Waals surface area contributed by atoms with E-state index in [4.69, 9.17) is 4.74 Å². The van der Waals surface area contributed by atoms with Gasteiger partial charge < -0.3 is 20.3 Å². The zero-order valence-electron chi connectivity index (χ0n) is 17.3. The fourth-order valence-electron chi connectivity index (χ4n) is 3.66. The summed E-state index contributed by atoms with van der Waals surface area (Å²) >= 11 is 0. The van der Waals surface area contributed by atoms with Gasteiger partial charge in [0.1, 0.15) is 0 Å². The highest BCUT2D eigenvalue weighted by molar-refractivity contribution is 5.89. The number of carbonyl (C=O) groups excluding carboxylic acids is 3. The molecule has 7 nitrogen and oxygen atoms in total. The summed E-state index contributed by atoms with van der Waals surface area (Å²) in [6.45, 7) is 0.922. The summed E-state index contributed by atoms with van der Waals surface area (Å²) < 4.78 is 5.69. The minimum absolute atomic E-state index is 0.177. The largest absolute Gasteiger partial charge is 0.447 e. The van der Waals surface area contributed by atoms with E-state index in [2.05, 4.69) is 10.6 Å². The number of hydrogen-bond acceptors (Lipinski definition) is 4. The zero-order valence-corrected chi connectivity index (χ0v) is 17.3. The number of anilines is 1. The number of benzene rings is 2. The van der Waals surface area contributed by atoms with Crippen LogP contribution in [0.1, 0.15) is 37.4 Å². The van der Waals surface area contributed by atoms with Crippen molar-refractivity contribution in [2.24, 2.45) is 5.92 Å². The number of amides is 3. The molecule has 3 amide bonds. The first-order valence-electron chi connectivity index (χ1n) is 10.8. The van der Waals surface area contributed by atoms with E-state index in [-0.39, 0.29) is 29.9 Å². The Morgan fingerprint density at radius 1 is 0.871 bits per heavy atom. The maximum absolute atomic E-state index is 12.8. The molecule has 0 radical (unpaired) electrons. The molecule has 1 saturated carbocycles. The summed E-state index contributed by atoms with van der Waals surface area (Å²) in [6, 6.07) is 18.4. The lowest BCUT2D eigenvalue weighted by Crippen LogP contribution is -2.43. The molecule has 2 fully saturated rings. The number of nitrogens with zero attached hydrogens (tertiary/aromatic N) is 1. The Balaban J connectivity index is 1.32. The van der Waals surface area contributed by atoms with Crippen molar-refractivity contribution in [1.82, 2.24) is 10.2 Å². The van der Waals surface area contributed by atoms with Crippen molar-refractivity contribution >= 4 is 23.6 Å². The van der Waals surface area contributed by atoms with Crippen molar-refractivity contribution in [1.29, 1.82) is 0 Å².